The lowest BCUT2D eigenvalue weighted by molar-refractivity contribution is 0.0238. The van der Waals surface area contributed by atoms with E-state index in [-0.39, 0.29) is 6.04 Å². The van der Waals surface area contributed by atoms with Crippen LogP contribution in [0.5, 0.6) is 0 Å². The zero-order chi connectivity index (χ0) is 15.6. The molecule has 2 atom stereocenters. The first-order valence-corrected chi connectivity index (χ1v) is 7.61. The predicted molar refractivity (Wildman–Crippen MR) is 91.1 cm³/mol. The summed E-state index contributed by atoms with van der Waals surface area (Å²) in [5, 5.41) is 15.4. The van der Waals surface area contributed by atoms with E-state index in [1.54, 1.807) is 0 Å². The molecule has 3 aromatic rings. The highest BCUT2D eigenvalue weighted by Crippen LogP contribution is 2.33. The van der Waals surface area contributed by atoms with E-state index < -0.39 is 5.60 Å². The fraction of sp³-hybridized carbons (Fsp3) is 0.263. The van der Waals surface area contributed by atoms with E-state index in [4.69, 9.17) is 0 Å². The van der Waals surface area contributed by atoms with Crippen molar-refractivity contribution in [2.75, 3.05) is 13.6 Å². The Morgan fingerprint density at radius 3 is 2.45 bits per heavy atom. The Hall–Kier alpha value is -2.10. The Morgan fingerprint density at radius 2 is 1.73 bits per heavy atom. The monoisotopic (exact) mass is 294 g/mol. The van der Waals surface area contributed by atoms with Gasteiger partial charge < -0.3 is 15.0 Å². The lowest BCUT2D eigenvalue weighted by Crippen LogP contribution is -2.44. The Balaban J connectivity index is 2.17. The minimum atomic E-state index is -0.905. The highest BCUT2D eigenvalue weighted by molar-refractivity contribution is 5.80. The van der Waals surface area contributed by atoms with Gasteiger partial charge in [-0.05, 0) is 37.1 Å². The molecule has 1 unspecified atom stereocenters. The first-order chi connectivity index (χ1) is 10.6. The molecule has 0 aliphatic carbocycles. The van der Waals surface area contributed by atoms with Crippen molar-refractivity contribution < 1.29 is 5.11 Å². The molecule has 0 saturated heterocycles. The second kappa shape index (κ2) is 5.95. The Kier molecular flexibility index (Phi) is 4.01. The van der Waals surface area contributed by atoms with Crippen LogP contribution >= 0.6 is 0 Å². The first-order valence-electron chi connectivity index (χ1n) is 7.61. The number of hydrogen-bond acceptors (Lipinski definition) is 2. The topological polar surface area (TPSA) is 37.2 Å². The highest BCUT2D eigenvalue weighted by atomic mass is 16.3. The van der Waals surface area contributed by atoms with Crippen LogP contribution < -0.4 is 5.32 Å². The summed E-state index contributed by atoms with van der Waals surface area (Å²) in [4.78, 5) is 0. The van der Waals surface area contributed by atoms with Gasteiger partial charge in [0.25, 0.3) is 0 Å². The van der Waals surface area contributed by atoms with Crippen LogP contribution in [0.25, 0.3) is 10.9 Å². The van der Waals surface area contributed by atoms with Gasteiger partial charge >= 0.3 is 0 Å². The molecule has 0 bridgehead atoms. The molecule has 0 amide bonds. The van der Waals surface area contributed by atoms with Crippen LogP contribution in [0, 0.1) is 0 Å². The average Bonchev–Trinajstić information content (AvgIpc) is 2.92. The van der Waals surface area contributed by atoms with Crippen molar-refractivity contribution in [2.24, 2.45) is 0 Å². The molecule has 2 N–H and O–H groups in total. The Labute approximate surface area is 131 Å². The SMILES string of the molecule is CNCC(C)(O)[C@H](c1ccccc1)n1ccc2ccccc21. The maximum Gasteiger partial charge on any atom is 0.0990 e. The summed E-state index contributed by atoms with van der Waals surface area (Å²) in [6.07, 6.45) is 2.06. The van der Waals surface area contributed by atoms with Crippen LogP contribution in [0.1, 0.15) is 18.5 Å². The van der Waals surface area contributed by atoms with E-state index in [0.717, 1.165) is 11.1 Å². The van der Waals surface area contributed by atoms with Crippen molar-refractivity contribution in [1.29, 1.82) is 0 Å². The average molecular weight is 294 g/mol. The number of nitrogens with zero attached hydrogens (tertiary/aromatic N) is 1. The molecule has 0 aliphatic heterocycles. The molecular formula is C19H22N2O. The Bertz CT molecular complexity index is 746. The largest absolute Gasteiger partial charge is 0.386 e. The summed E-state index contributed by atoms with van der Waals surface area (Å²) in [7, 11) is 1.87. The van der Waals surface area contributed by atoms with Gasteiger partial charge in [-0.2, -0.15) is 0 Å². The van der Waals surface area contributed by atoms with E-state index >= 15 is 0 Å². The second-order valence-corrected chi connectivity index (χ2v) is 5.98. The predicted octanol–water partition coefficient (Wildman–Crippen LogP) is 3.20. The van der Waals surface area contributed by atoms with Crippen molar-refractivity contribution in [3.63, 3.8) is 0 Å². The molecule has 3 nitrogen and oxygen atoms in total. The summed E-state index contributed by atoms with van der Waals surface area (Å²) < 4.78 is 2.17. The maximum atomic E-state index is 11.1. The van der Waals surface area contributed by atoms with Crippen LogP contribution in [-0.2, 0) is 0 Å². The van der Waals surface area contributed by atoms with Crippen LogP contribution in [0.2, 0.25) is 0 Å². The molecule has 2 aromatic carbocycles. The molecule has 3 heteroatoms. The normalized spacial score (nSPS) is 15.6. The first kappa shape index (κ1) is 14.8. The summed E-state index contributed by atoms with van der Waals surface area (Å²) in [5.41, 5.74) is 1.33. The molecule has 1 aromatic heterocycles. The van der Waals surface area contributed by atoms with Crippen LogP contribution in [-0.4, -0.2) is 28.9 Å². The van der Waals surface area contributed by atoms with Crippen molar-refractivity contribution in [3.8, 4) is 0 Å². The summed E-state index contributed by atoms with van der Waals surface area (Å²) in [5.74, 6) is 0. The fourth-order valence-electron chi connectivity index (χ4n) is 3.24. The van der Waals surface area contributed by atoms with Crippen molar-refractivity contribution in [3.05, 3.63) is 72.4 Å². The van der Waals surface area contributed by atoms with E-state index in [1.807, 2.05) is 44.3 Å². The quantitative estimate of drug-likeness (QED) is 0.758. The van der Waals surface area contributed by atoms with Crippen LogP contribution in [0.4, 0.5) is 0 Å². The maximum absolute atomic E-state index is 11.1. The number of para-hydroxylation sites is 1. The third kappa shape index (κ3) is 2.65. The van der Waals surface area contributed by atoms with E-state index in [2.05, 4.69) is 46.4 Å². The van der Waals surface area contributed by atoms with Gasteiger partial charge in [-0.1, -0.05) is 48.5 Å². The number of aliphatic hydroxyl groups is 1. The smallest absolute Gasteiger partial charge is 0.0990 e. The second-order valence-electron chi connectivity index (χ2n) is 5.98. The molecule has 0 spiro atoms. The number of likely N-dealkylation sites (N-methyl/N-ethyl adjacent to an activating group) is 1. The van der Waals surface area contributed by atoms with E-state index in [0.29, 0.717) is 6.54 Å². The molecule has 0 aliphatic rings. The highest BCUT2D eigenvalue weighted by Gasteiger charge is 2.34. The van der Waals surface area contributed by atoms with Crippen molar-refractivity contribution in [2.45, 2.75) is 18.6 Å². The van der Waals surface area contributed by atoms with Gasteiger partial charge in [0.15, 0.2) is 0 Å². The van der Waals surface area contributed by atoms with Gasteiger partial charge in [0, 0.05) is 18.3 Å². The van der Waals surface area contributed by atoms with Gasteiger partial charge in [-0.25, -0.2) is 0 Å². The molecule has 0 saturated carbocycles. The number of fused-ring (bicyclic) bond motifs is 1. The van der Waals surface area contributed by atoms with Crippen molar-refractivity contribution >= 4 is 10.9 Å². The molecule has 0 fully saturated rings. The zero-order valence-corrected chi connectivity index (χ0v) is 13.0. The van der Waals surface area contributed by atoms with Gasteiger partial charge in [-0.3, -0.25) is 0 Å². The molecule has 0 radical (unpaired) electrons. The third-order valence-electron chi connectivity index (χ3n) is 4.15. The minimum Gasteiger partial charge on any atom is -0.386 e. The summed E-state index contributed by atoms with van der Waals surface area (Å²) in [6.45, 7) is 2.40. The summed E-state index contributed by atoms with van der Waals surface area (Å²) in [6, 6.07) is 20.4. The zero-order valence-electron chi connectivity index (χ0n) is 13.0. The van der Waals surface area contributed by atoms with Gasteiger partial charge in [0.05, 0.1) is 11.6 Å². The number of nitrogens with one attached hydrogen (secondary N) is 1. The molecular weight excluding hydrogens is 272 g/mol. The fourth-order valence-corrected chi connectivity index (χ4v) is 3.24. The van der Waals surface area contributed by atoms with Crippen molar-refractivity contribution in [1.82, 2.24) is 9.88 Å². The van der Waals surface area contributed by atoms with Gasteiger partial charge in [0.2, 0.25) is 0 Å². The molecule has 1 heterocycles. The third-order valence-corrected chi connectivity index (χ3v) is 4.15. The lowest BCUT2D eigenvalue weighted by atomic mass is 9.89. The molecule has 114 valence electrons. The van der Waals surface area contributed by atoms with E-state index in [1.165, 1.54) is 5.39 Å². The number of benzene rings is 2. The minimum absolute atomic E-state index is 0.152. The van der Waals surface area contributed by atoms with E-state index in [9.17, 15) is 5.11 Å². The molecule has 3 rings (SSSR count). The lowest BCUT2D eigenvalue weighted by Gasteiger charge is -2.35. The van der Waals surface area contributed by atoms with Gasteiger partial charge in [0.1, 0.15) is 0 Å². The Morgan fingerprint density at radius 1 is 1.05 bits per heavy atom. The number of hydrogen-bond donors (Lipinski definition) is 2. The van der Waals surface area contributed by atoms with Crippen LogP contribution in [0.15, 0.2) is 66.9 Å². The number of aromatic nitrogens is 1. The van der Waals surface area contributed by atoms with Crippen LogP contribution in [0.3, 0.4) is 0 Å². The summed E-state index contributed by atoms with van der Waals surface area (Å²) >= 11 is 0. The standard InChI is InChI=1S/C19H22N2O/c1-19(22,14-20-2)18(16-9-4-3-5-10-16)21-13-12-15-8-6-7-11-17(15)21/h3-13,18,20,22H,14H2,1-2H3/t18-,19?/m0/s1. The van der Waals surface area contributed by atoms with Gasteiger partial charge in [-0.15, -0.1) is 0 Å². The number of rotatable bonds is 5. The molecule has 22 heavy (non-hydrogen) atoms.